The Balaban J connectivity index is 2.16. The zero-order chi connectivity index (χ0) is 10.9. The molecule has 1 unspecified atom stereocenters. The number of nitrogens with zero attached hydrogens (tertiary/aromatic N) is 2. The summed E-state index contributed by atoms with van der Waals surface area (Å²) in [7, 11) is 1.72. The van der Waals surface area contributed by atoms with Crippen molar-refractivity contribution >= 4 is 5.69 Å². The summed E-state index contributed by atoms with van der Waals surface area (Å²) in [6.45, 7) is 4.04. The Labute approximate surface area is 89.2 Å². The Hall–Kier alpha value is -1.07. The molecule has 15 heavy (non-hydrogen) atoms. The summed E-state index contributed by atoms with van der Waals surface area (Å²) in [4.78, 5) is 0. The molecule has 1 aromatic heterocycles. The van der Waals surface area contributed by atoms with Crippen LogP contribution in [-0.2, 0) is 16.0 Å². The van der Waals surface area contributed by atoms with Gasteiger partial charge in [0, 0.05) is 20.1 Å². The summed E-state index contributed by atoms with van der Waals surface area (Å²) in [5.41, 5.74) is 7.22. The predicted molar refractivity (Wildman–Crippen MR) is 56.6 cm³/mol. The lowest BCUT2D eigenvalue weighted by molar-refractivity contribution is -0.0321. The third-order valence-corrected chi connectivity index (χ3v) is 3.08. The summed E-state index contributed by atoms with van der Waals surface area (Å²) in [6, 6.07) is 0. The quantitative estimate of drug-likeness (QED) is 0.794. The molecule has 0 amide bonds. The first-order valence-electron chi connectivity index (χ1n) is 5.08. The van der Waals surface area contributed by atoms with Crippen LogP contribution in [0.3, 0.4) is 0 Å². The van der Waals surface area contributed by atoms with Crippen molar-refractivity contribution in [1.82, 2.24) is 9.78 Å². The van der Waals surface area contributed by atoms with Crippen molar-refractivity contribution in [2.75, 3.05) is 26.1 Å². The van der Waals surface area contributed by atoms with Crippen molar-refractivity contribution in [3.05, 3.63) is 11.9 Å². The van der Waals surface area contributed by atoms with Crippen LogP contribution in [0.2, 0.25) is 0 Å². The Morgan fingerprint density at radius 1 is 1.73 bits per heavy atom. The second-order valence-corrected chi connectivity index (χ2v) is 4.03. The van der Waals surface area contributed by atoms with Crippen LogP contribution in [0.25, 0.3) is 0 Å². The summed E-state index contributed by atoms with van der Waals surface area (Å²) < 4.78 is 12.8. The monoisotopic (exact) mass is 211 g/mol. The molecular weight excluding hydrogens is 194 g/mol. The molecule has 1 aliphatic rings. The van der Waals surface area contributed by atoms with E-state index in [0.717, 1.165) is 24.4 Å². The van der Waals surface area contributed by atoms with Gasteiger partial charge >= 0.3 is 0 Å². The van der Waals surface area contributed by atoms with E-state index >= 15 is 0 Å². The third kappa shape index (κ3) is 1.85. The van der Waals surface area contributed by atoms with Crippen molar-refractivity contribution in [3.63, 3.8) is 0 Å². The zero-order valence-corrected chi connectivity index (χ0v) is 9.19. The number of nitrogen functional groups attached to an aromatic ring is 1. The van der Waals surface area contributed by atoms with Crippen LogP contribution in [0.4, 0.5) is 5.69 Å². The van der Waals surface area contributed by atoms with Crippen molar-refractivity contribution in [2.24, 2.45) is 0 Å². The van der Waals surface area contributed by atoms with E-state index in [1.54, 1.807) is 13.3 Å². The number of anilines is 1. The summed E-state index contributed by atoms with van der Waals surface area (Å²) in [5.74, 6) is 0. The fourth-order valence-corrected chi connectivity index (χ4v) is 1.83. The molecule has 2 heterocycles. The lowest BCUT2D eigenvalue weighted by atomic mass is 10.0. The summed E-state index contributed by atoms with van der Waals surface area (Å²) >= 11 is 0. The van der Waals surface area contributed by atoms with E-state index in [1.807, 2.05) is 11.6 Å². The molecule has 0 radical (unpaired) electrons. The molecule has 2 rings (SSSR count). The van der Waals surface area contributed by atoms with Crippen LogP contribution in [0.15, 0.2) is 6.20 Å². The molecule has 5 heteroatoms. The van der Waals surface area contributed by atoms with Crippen LogP contribution < -0.4 is 5.73 Å². The van der Waals surface area contributed by atoms with E-state index in [1.165, 1.54) is 0 Å². The third-order valence-electron chi connectivity index (χ3n) is 3.08. The molecule has 1 aliphatic heterocycles. The molecular formula is C10H17N3O2. The van der Waals surface area contributed by atoms with Crippen LogP contribution in [0, 0.1) is 6.92 Å². The van der Waals surface area contributed by atoms with Gasteiger partial charge in [-0.3, -0.25) is 4.68 Å². The summed E-state index contributed by atoms with van der Waals surface area (Å²) in [5, 5.41) is 4.23. The molecule has 0 aliphatic carbocycles. The molecule has 1 saturated heterocycles. The predicted octanol–water partition coefficient (Wildman–Crippen LogP) is 0.579. The topological polar surface area (TPSA) is 62.3 Å². The minimum absolute atomic E-state index is 0.233. The molecule has 5 nitrogen and oxygen atoms in total. The van der Waals surface area contributed by atoms with Gasteiger partial charge in [-0.2, -0.15) is 5.10 Å². The van der Waals surface area contributed by atoms with Crippen molar-refractivity contribution < 1.29 is 9.47 Å². The van der Waals surface area contributed by atoms with E-state index < -0.39 is 0 Å². The first-order valence-corrected chi connectivity index (χ1v) is 5.08. The first-order chi connectivity index (χ1) is 7.17. The highest BCUT2D eigenvalue weighted by atomic mass is 16.5. The van der Waals surface area contributed by atoms with Gasteiger partial charge < -0.3 is 15.2 Å². The van der Waals surface area contributed by atoms with Gasteiger partial charge in [-0.05, 0) is 6.92 Å². The zero-order valence-electron chi connectivity index (χ0n) is 9.19. The van der Waals surface area contributed by atoms with E-state index in [0.29, 0.717) is 13.2 Å². The van der Waals surface area contributed by atoms with Crippen LogP contribution in [-0.4, -0.2) is 35.7 Å². The van der Waals surface area contributed by atoms with Gasteiger partial charge in [-0.25, -0.2) is 0 Å². The highest BCUT2D eigenvalue weighted by Crippen LogP contribution is 2.25. The van der Waals surface area contributed by atoms with Gasteiger partial charge in [0.25, 0.3) is 0 Å². The number of hydrogen-bond donors (Lipinski definition) is 1. The largest absolute Gasteiger partial charge is 0.396 e. The lowest BCUT2D eigenvalue weighted by Gasteiger charge is -2.26. The molecule has 0 spiro atoms. The standard InChI is InChI=1S/C10H17N3O2/c1-8-9(11)5-12-13(8)6-10(14-2)3-4-15-7-10/h5H,3-4,6-7,11H2,1-2H3. The second-order valence-electron chi connectivity index (χ2n) is 4.03. The lowest BCUT2D eigenvalue weighted by Crippen LogP contribution is -2.37. The first kappa shape index (κ1) is 10.4. The van der Waals surface area contributed by atoms with Gasteiger partial charge in [-0.15, -0.1) is 0 Å². The number of methoxy groups -OCH3 is 1. The van der Waals surface area contributed by atoms with Crippen molar-refractivity contribution in [1.29, 1.82) is 0 Å². The maximum absolute atomic E-state index is 5.74. The maximum Gasteiger partial charge on any atom is 0.113 e. The number of hydrogen-bond acceptors (Lipinski definition) is 4. The second kappa shape index (κ2) is 3.83. The summed E-state index contributed by atoms with van der Waals surface area (Å²) in [6.07, 6.45) is 2.58. The van der Waals surface area contributed by atoms with Crippen molar-refractivity contribution in [2.45, 2.75) is 25.5 Å². The van der Waals surface area contributed by atoms with Gasteiger partial charge in [0.1, 0.15) is 5.60 Å². The average Bonchev–Trinajstić information content (AvgIpc) is 2.82. The fourth-order valence-electron chi connectivity index (χ4n) is 1.83. The Morgan fingerprint density at radius 3 is 3.00 bits per heavy atom. The minimum atomic E-state index is -0.233. The van der Waals surface area contributed by atoms with Gasteiger partial charge in [-0.1, -0.05) is 0 Å². The maximum atomic E-state index is 5.74. The number of ether oxygens (including phenoxy) is 2. The Bertz CT molecular complexity index is 342. The fraction of sp³-hybridized carbons (Fsp3) is 0.700. The van der Waals surface area contributed by atoms with Crippen LogP contribution in [0.5, 0.6) is 0 Å². The molecule has 0 bridgehead atoms. The number of aromatic nitrogens is 2. The Morgan fingerprint density at radius 2 is 2.53 bits per heavy atom. The van der Waals surface area contributed by atoms with E-state index in [4.69, 9.17) is 15.2 Å². The SMILES string of the molecule is COC1(Cn2ncc(N)c2C)CCOC1. The van der Waals surface area contributed by atoms with Crippen molar-refractivity contribution in [3.8, 4) is 0 Å². The molecule has 1 aromatic rings. The molecule has 0 saturated carbocycles. The van der Waals surface area contributed by atoms with Gasteiger partial charge in [0.2, 0.25) is 0 Å². The minimum Gasteiger partial charge on any atom is -0.396 e. The van der Waals surface area contributed by atoms with Crippen LogP contribution in [0.1, 0.15) is 12.1 Å². The Kier molecular flexibility index (Phi) is 2.67. The average molecular weight is 211 g/mol. The van der Waals surface area contributed by atoms with E-state index in [-0.39, 0.29) is 5.60 Å². The smallest absolute Gasteiger partial charge is 0.113 e. The van der Waals surface area contributed by atoms with Gasteiger partial charge in [0.05, 0.1) is 30.7 Å². The van der Waals surface area contributed by atoms with E-state index in [2.05, 4.69) is 5.10 Å². The molecule has 1 atom stereocenters. The molecule has 1 fully saturated rings. The molecule has 84 valence electrons. The normalized spacial score (nSPS) is 26.0. The molecule has 2 N–H and O–H groups in total. The van der Waals surface area contributed by atoms with Crippen LogP contribution >= 0.6 is 0 Å². The molecule has 0 aromatic carbocycles. The highest BCUT2D eigenvalue weighted by Gasteiger charge is 2.36. The highest BCUT2D eigenvalue weighted by molar-refractivity contribution is 5.39. The number of rotatable bonds is 3. The van der Waals surface area contributed by atoms with Gasteiger partial charge in [0.15, 0.2) is 0 Å². The van der Waals surface area contributed by atoms with E-state index in [9.17, 15) is 0 Å². The number of nitrogens with two attached hydrogens (primary N) is 1.